The fourth-order valence-electron chi connectivity index (χ4n) is 3.86. The van der Waals surface area contributed by atoms with E-state index in [1.165, 1.54) is 14.7 Å². The van der Waals surface area contributed by atoms with Gasteiger partial charge in [-0.15, -0.1) is 0 Å². The predicted octanol–water partition coefficient (Wildman–Crippen LogP) is 7.36. The Bertz CT molecular complexity index is 1170. The summed E-state index contributed by atoms with van der Waals surface area (Å²) < 4.78 is 8.05. The van der Waals surface area contributed by atoms with Gasteiger partial charge in [0.2, 0.25) is 0 Å². The Morgan fingerprint density at radius 2 is 1.06 bits per heavy atom. The Morgan fingerprint density at radius 3 is 1.46 bits per heavy atom. The molecule has 1 heterocycles. The molecule has 2 atom stereocenters. The molecule has 3 N–H and O–H groups in total. The normalized spacial score (nSPS) is 18.2. The van der Waals surface area contributed by atoms with Crippen LogP contribution in [0.2, 0.25) is 10.0 Å². The highest BCUT2D eigenvalue weighted by Crippen LogP contribution is 2.45. The number of halogens is 4. The van der Waals surface area contributed by atoms with Crippen LogP contribution in [0.15, 0.2) is 97.1 Å². The first-order valence-corrected chi connectivity index (χ1v) is 13.8. The third-order valence-electron chi connectivity index (χ3n) is 5.99. The zero-order valence-corrected chi connectivity index (χ0v) is 24.4. The molecule has 0 aromatic heterocycles. The monoisotopic (exact) mass is 729 g/mol. The van der Waals surface area contributed by atoms with Crippen molar-refractivity contribution in [1.82, 2.24) is 0 Å². The molecule has 2 unspecified atom stereocenters. The number of ether oxygens (including phenoxy) is 1. The third kappa shape index (κ3) is 6.21. The average Bonchev–Trinajstić information content (AvgIpc) is 3.68. The van der Waals surface area contributed by atoms with Gasteiger partial charge in [0, 0.05) is 23.7 Å². The van der Waals surface area contributed by atoms with E-state index in [2.05, 4.69) is 69.4 Å². The molecule has 0 radical (unpaired) electrons. The van der Waals surface area contributed by atoms with E-state index in [9.17, 15) is 5.11 Å². The van der Waals surface area contributed by atoms with Gasteiger partial charge in [0.05, 0.1) is 6.61 Å². The lowest BCUT2D eigenvalue weighted by atomic mass is 9.86. The number of benzene rings is 4. The Balaban J connectivity index is 0.000000165. The minimum absolute atomic E-state index is 0.120. The molecule has 1 fully saturated rings. The number of rotatable bonds is 5. The Hall–Kier alpha value is -1.20. The molecule has 1 aliphatic rings. The van der Waals surface area contributed by atoms with E-state index in [1.807, 2.05) is 48.5 Å². The van der Waals surface area contributed by atoms with Gasteiger partial charge in [-0.05, 0) is 116 Å². The second kappa shape index (κ2) is 11.5. The summed E-state index contributed by atoms with van der Waals surface area (Å²) in [7, 11) is 0. The highest BCUT2D eigenvalue weighted by Gasteiger charge is 2.48. The summed E-state index contributed by atoms with van der Waals surface area (Å²) in [6, 6.07) is 31.2. The van der Waals surface area contributed by atoms with Crippen molar-refractivity contribution in [2.24, 2.45) is 5.73 Å². The molecule has 1 aliphatic heterocycles. The predicted molar refractivity (Wildman–Crippen MR) is 160 cm³/mol. The van der Waals surface area contributed by atoms with E-state index in [4.69, 9.17) is 33.7 Å². The molecule has 35 heavy (non-hydrogen) atoms. The number of hydrogen-bond acceptors (Lipinski definition) is 3. The van der Waals surface area contributed by atoms with Crippen molar-refractivity contribution < 1.29 is 9.84 Å². The molecule has 0 saturated carbocycles. The molecule has 7 heteroatoms. The van der Waals surface area contributed by atoms with Crippen molar-refractivity contribution in [3.05, 3.63) is 137 Å². The highest BCUT2D eigenvalue weighted by molar-refractivity contribution is 14.1. The van der Waals surface area contributed by atoms with Crippen LogP contribution in [0, 0.1) is 7.14 Å². The smallest absolute Gasteiger partial charge is 0.142 e. The van der Waals surface area contributed by atoms with Crippen molar-refractivity contribution in [3.8, 4) is 0 Å². The summed E-state index contributed by atoms with van der Waals surface area (Å²) in [6.45, 7) is 0.866. The fourth-order valence-corrected chi connectivity index (χ4v) is 4.84. The maximum absolute atomic E-state index is 10.8. The number of hydrogen-bond donors (Lipinski definition) is 2. The van der Waals surface area contributed by atoms with E-state index in [1.54, 1.807) is 24.3 Å². The number of epoxide rings is 1. The van der Waals surface area contributed by atoms with Crippen LogP contribution in [0.5, 0.6) is 0 Å². The van der Waals surface area contributed by atoms with Gasteiger partial charge in [0.1, 0.15) is 11.2 Å². The molecule has 4 aromatic carbocycles. The van der Waals surface area contributed by atoms with Crippen LogP contribution in [0.1, 0.15) is 22.3 Å². The van der Waals surface area contributed by atoms with Crippen LogP contribution in [-0.4, -0.2) is 18.3 Å². The highest BCUT2D eigenvalue weighted by atomic mass is 127. The molecule has 0 aliphatic carbocycles. The molecule has 0 spiro atoms. The first-order valence-electron chi connectivity index (χ1n) is 10.9. The van der Waals surface area contributed by atoms with Crippen molar-refractivity contribution in [3.63, 3.8) is 0 Å². The second-order valence-electron chi connectivity index (χ2n) is 8.21. The summed E-state index contributed by atoms with van der Waals surface area (Å²) in [4.78, 5) is 0. The number of aliphatic hydroxyl groups is 1. The van der Waals surface area contributed by atoms with Gasteiger partial charge in [0.15, 0.2) is 0 Å². The molecule has 4 aromatic rings. The SMILES string of the molecule is Clc1ccc(C2(c3ccc(I)cc3)CO2)cc1.NCC(O)(c1ccc(Cl)cc1)c1ccc(I)cc1. The van der Waals surface area contributed by atoms with Gasteiger partial charge >= 0.3 is 0 Å². The van der Waals surface area contributed by atoms with Crippen molar-refractivity contribution in [1.29, 1.82) is 0 Å². The van der Waals surface area contributed by atoms with Gasteiger partial charge in [-0.25, -0.2) is 0 Å². The summed E-state index contributed by atoms with van der Waals surface area (Å²) in [5.74, 6) is 0. The first kappa shape index (κ1) is 26.9. The Kier molecular flexibility index (Phi) is 8.79. The molecule has 5 rings (SSSR count). The maximum atomic E-state index is 10.8. The lowest BCUT2D eigenvalue weighted by Crippen LogP contribution is -2.36. The molecule has 0 bridgehead atoms. The van der Waals surface area contributed by atoms with Gasteiger partial charge in [-0.2, -0.15) is 0 Å². The van der Waals surface area contributed by atoms with E-state index in [0.29, 0.717) is 5.02 Å². The summed E-state index contributed by atoms with van der Waals surface area (Å²) in [5.41, 5.74) is 8.26. The number of nitrogens with two attached hydrogens (primary N) is 1. The first-order chi connectivity index (χ1) is 16.8. The molecule has 3 nitrogen and oxygen atoms in total. The van der Waals surface area contributed by atoms with Crippen molar-refractivity contribution >= 4 is 68.4 Å². The van der Waals surface area contributed by atoms with Crippen LogP contribution in [-0.2, 0) is 15.9 Å². The quantitative estimate of drug-likeness (QED) is 0.167. The van der Waals surface area contributed by atoms with E-state index in [0.717, 1.165) is 26.3 Å². The van der Waals surface area contributed by atoms with Gasteiger partial charge in [-0.1, -0.05) is 71.7 Å². The van der Waals surface area contributed by atoms with Crippen molar-refractivity contribution in [2.45, 2.75) is 11.2 Å². The van der Waals surface area contributed by atoms with Gasteiger partial charge in [-0.3, -0.25) is 0 Å². The average molecular weight is 730 g/mol. The van der Waals surface area contributed by atoms with Gasteiger partial charge in [0.25, 0.3) is 0 Å². The molecular formula is C28H23Cl2I2NO2. The topological polar surface area (TPSA) is 58.8 Å². The zero-order valence-electron chi connectivity index (χ0n) is 18.6. The second-order valence-corrected chi connectivity index (χ2v) is 11.6. The minimum atomic E-state index is -1.17. The summed E-state index contributed by atoms with van der Waals surface area (Å²) in [5, 5.41) is 12.2. The van der Waals surface area contributed by atoms with Crippen LogP contribution >= 0.6 is 68.4 Å². The summed E-state index contributed by atoms with van der Waals surface area (Å²) >= 11 is 16.3. The van der Waals surface area contributed by atoms with Crippen LogP contribution < -0.4 is 5.73 Å². The lowest BCUT2D eigenvalue weighted by molar-refractivity contribution is 0.0902. The zero-order chi connectivity index (χ0) is 25.1. The molecule has 1 saturated heterocycles. The Morgan fingerprint density at radius 1 is 0.714 bits per heavy atom. The molecule has 0 amide bonds. The standard InChI is InChI=1S/C14H13ClINO.C14H10ClIO/c15-12-5-1-10(2-6-12)14(18,9-17)11-3-7-13(16)8-4-11;15-12-5-1-10(2-6-12)14(9-17-14)11-3-7-13(16)8-4-11/h1-8,18H,9,17H2;1-8H,9H2. The minimum Gasteiger partial charge on any atom is -0.379 e. The Labute approximate surface area is 242 Å². The maximum Gasteiger partial charge on any atom is 0.142 e. The fraction of sp³-hybridized carbons (Fsp3) is 0.143. The van der Waals surface area contributed by atoms with Crippen LogP contribution in [0.4, 0.5) is 0 Å². The molecular weight excluding hydrogens is 707 g/mol. The van der Waals surface area contributed by atoms with E-state index in [-0.39, 0.29) is 12.1 Å². The van der Waals surface area contributed by atoms with Crippen LogP contribution in [0.25, 0.3) is 0 Å². The molecule has 180 valence electrons. The lowest BCUT2D eigenvalue weighted by Gasteiger charge is -2.27. The van der Waals surface area contributed by atoms with Gasteiger partial charge < -0.3 is 15.6 Å². The van der Waals surface area contributed by atoms with E-state index >= 15 is 0 Å². The third-order valence-corrected chi connectivity index (χ3v) is 7.94. The largest absolute Gasteiger partial charge is 0.379 e. The summed E-state index contributed by atoms with van der Waals surface area (Å²) in [6.07, 6.45) is 0. The van der Waals surface area contributed by atoms with Crippen molar-refractivity contribution in [2.75, 3.05) is 13.2 Å². The van der Waals surface area contributed by atoms with E-state index < -0.39 is 5.60 Å². The van der Waals surface area contributed by atoms with Crippen LogP contribution in [0.3, 0.4) is 0 Å².